The van der Waals surface area contributed by atoms with Crippen molar-refractivity contribution in [1.29, 1.82) is 0 Å². The Bertz CT molecular complexity index is 1020. The fourth-order valence-electron chi connectivity index (χ4n) is 2.66. The number of fused-ring (bicyclic) bond motifs is 1. The molecule has 0 spiro atoms. The molecule has 3 aromatic heterocycles. The van der Waals surface area contributed by atoms with Gasteiger partial charge in [-0.25, -0.2) is 14.4 Å². The number of rotatable bonds is 4. The highest BCUT2D eigenvalue weighted by atomic mass is 32.1. The molecule has 25 heavy (non-hydrogen) atoms. The molecule has 1 unspecified atom stereocenters. The molecule has 0 saturated heterocycles. The summed E-state index contributed by atoms with van der Waals surface area (Å²) < 4.78 is 14.9. The van der Waals surface area contributed by atoms with Gasteiger partial charge >= 0.3 is 0 Å². The Hall–Kier alpha value is -2.80. The monoisotopic (exact) mass is 353 g/mol. The van der Waals surface area contributed by atoms with E-state index in [-0.39, 0.29) is 11.9 Å². The van der Waals surface area contributed by atoms with Crippen LogP contribution in [0.3, 0.4) is 0 Å². The largest absolute Gasteiger partial charge is 0.362 e. The van der Waals surface area contributed by atoms with Crippen molar-refractivity contribution in [2.24, 2.45) is 0 Å². The molecule has 0 aliphatic carbocycles. The zero-order valence-electron chi connectivity index (χ0n) is 13.8. The zero-order valence-corrected chi connectivity index (χ0v) is 14.6. The second-order valence-electron chi connectivity index (χ2n) is 5.79. The van der Waals surface area contributed by atoms with Crippen LogP contribution in [0.2, 0.25) is 0 Å². The number of aromatic nitrogens is 4. The lowest BCUT2D eigenvalue weighted by molar-refractivity contribution is 0.628. The number of nitrogens with zero attached hydrogens (tertiary/aromatic N) is 4. The zero-order chi connectivity index (χ0) is 17.4. The van der Waals surface area contributed by atoms with Gasteiger partial charge in [-0.15, -0.1) is 11.3 Å². The lowest BCUT2D eigenvalue weighted by atomic mass is 10.1. The fourth-order valence-corrected chi connectivity index (χ4v) is 3.37. The van der Waals surface area contributed by atoms with Gasteiger partial charge in [-0.05, 0) is 38.1 Å². The topological polar surface area (TPSA) is 55.1 Å². The second kappa shape index (κ2) is 6.25. The summed E-state index contributed by atoms with van der Waals surface area (Å²) in [6.07, 6.45) is 1.71. The van der Waals surface area contributed by atoms with E-state index in [0.717, 1.165) is 33.4 Å². The van der Waals surface area contributed by atoms with Gasteiger partial charge in [-0.3, -0.25) is 0 Å². The van der Waals surface area contributed by atoms with Gasteiger partial charge in [0.2, 0.25) is 0 Å². The summed E-state index contributed by atoms with van der Waals surface area (Å²) in [5.74, 6) is 0.549. The Morgan fingerprint density at radius 1 is 1.16 bits per heavy atom. The number of benzene rings is 1. The maximum atomic E-state index is 13.2. The molecule has 1 atom stereocenters. The average Bonchev–Trinajstić information content (AvgIpc) is 3.24. The Morgan fingerprint density at radius 2 is 1.96 bits per heavy atom. The number of thiazole rings is 1. The summed E-state index contributed by atoms with van der Waals surface area (Å²) in [4.78, 5) is 9.14. The average molecular weight is 353 g/mol. The highest BCUT2D eigenvalue weighted by molar-refractivity contribution is 7.09. The number of aryl methyl sites for hydroxylation is 1. The molecular weight excluding hydrogens is 337 g/mol. The van der Waals surface area contributed by atoms with Crippen LogP contribution in [0.15, 0.2) is 48.0 Å². The van der Waals surface area contributed by atoms with Crippen molar-refractivity contribution in [1.82, 2.24) is 19.6 Å². The molecule has 1 aromatic carbocycles. The smallest absolute Gasteiger partial charge is 0.157 e. The van der Waals surface area contributed by atoms with Gasteiger partial charge in [0.25, 0.3) is 0 Å². The number of hydrogen-bond acceptors (Lipinski definition) is 5. The van der Waals surface area contributed by atoms with Crippen molar-refractivity contribution in [2.75, 3.05) is 5.32 Å². The molecule has 1 N–H and O–H groups in total. The van der Waals surface area contributed by atoms with Crippen molar-refractivity contribution in [3.63, 3.8) is 0 Å². The minimum atomic E-state index is -0.264. The molecule has 5 nitrogen and oxygen atoms in total. The van der Waals surface area contributed by atoms with E-state index < -0.39 is 0 Å². The van der Waals surface area contributed by atoms with Crippen LogP contribution in [0.1, 0.15) is 23.7 Å². The lowest BCUT2D eigenvalue weighted by Crippen LogP contribution is -2.11. The first-order valence-electron chi connectivity index (χ1n) is 7.89. The van der Waals surface area contributed by atoms with E-state index in [1.54, 1.807) is 34.2 Å². The van der Waals surface area contributed by atoms with Crippen molar-refractivity contribution in [3.8, 4) is 11.3 Å². The standard InChI is InChI=1S/C18H16FN5S/c1-11(16-10-25-12(2)22-16)21-18-9-15(13-3-5-14(19)6-4-13)23-17-7-8-20-24(17)18/h3-11,21H,1-2H3. The minimum absolute atomic E-state index is 0.0285. The van der Waals surface area contributed by atoms with E-state index >= 15 is 0 Å². The summed E-state index contributed by atoms with van der Waals surface area (Å²) in [6.45, 7) is 4.05. The van der Waals surface area contributed by atoms with Crippen molar-refractivity contribution < 1.29 is 4.39 Å². The molecule has 0 saturated carbocycles. The first-order valence-corrected chi connectivity index (χ1v) is 8.77. The first-order chi connectivity index (χ1) is 12.1. The van der Waals surface area contributed by atoms with Gasteiger partial charge in [0.1, 0.15) is 11.6 Å². The molecule has 126 valence electrons. The molecule has 0 aliphatic rings. The lowest BCUT2D eigenvalue weighted by Gasteiger charge is -2.15. The normalized spacial score (nSPS) is 12.4. The maximum absolute atomic E-state index is 13.2. The van der Waals surface area contributed by atoms with E-state index in [9.17, 15) is 4.39 Å². The predicted molar refractivity (Wildman–Crippen MR) is 97.3 cm³/mol. The maximum Gasteiger partial charge on any atom is 0.157 e. The van der Waals surface area contributed by atoms with E-state index in [1.165, 1.54) is 12.1 Å². The summed E-state index contributed by atoms with van der Waals surface area (Å²) in [7, 11) is 0. The van der Waals surface area contributed by atoms with E-state index in [2.05, 4.69) is 32.7 Å². The van der Waals surface area contributed by atoms with Crippen LogP contribution in [-0.4, -0.2) is 19.6 Å². The summed E-state index contributed by atoms with van der Waals surface area (Å²) in [5, 5.41) is 10.9. The number of anilines is 1. The predicted octanol–water partition coefficient (Wildman–Crippen LogP) is 4.47. The minimum Gasteiger partial charge on any atom is -0.362 e. The van der Waals surface area contributed by atoms with Crippen LogP contribution in [-0.2, 0) is 0 Å². The van der Waals surface area contributed by atoms with Gasteiger partial charge in [0, 0.05) is 23.1 Å². The van der Waals surface area contributed by atoms with Gasteiger partial charge in [0.05, 0.1) is 28.6 Å². The van der Waals surface area contributed by atoms with Crippen LogP contribution in [0.25, 0.3) is 16.9 Å². The molecule has 0 fully saturated rings. The highest BCUT2D eigenvalue weighted by Gasteiger charge is 2.13. The number of halogens is 1. The first kappa shape index (κ1) is 15.7. The summed E-state index contributed by atoms with van der Waals surface area (Å²) in [6, 6.07) is 10.1. The molecule has 0 radical (unpaired) electrons. The molecule has 4 aromatic rings. The van der Waals surface area contributed by atoms with Crippen LogP contribution >= 0.6 is 11.3 Å². The Labute approximate surface area is 148 Å². The van der Waals surface area contributed by atoms with Gasteiger partial charge in [0.15, 0.2) is 5.65 Å². The quantitative estimate of drug-likeness (QED) is 0.588. The Balaban J connectivity index is 1.74. The van der Waals surface area contributed by atoms with E-state index in [1.807, 2.05) is 19.1 Å². The molecular formula is C18H16FN5S. The number of nitrogens with one attached hydrogen (secondary N) is 1. The Morgan fingerprint density at radius 3 is 2.68 bits per heavy atom. The third-order valence-corrected chi connectivity index (χ3v) is 4.74. The van der Waals surface area contributed by atoms with Gasteiger partial charge in [-0.1, -0.05) is 0 Å². The van der Waals surface area contributed by atoms with Crippen molar-refractivity contribution in [2.45, 2.75) is 19.9 Å². The molecule has 4 rings (SSSR count). The van der Waals surface area contributed by atoms with E-state index in [4.69, 9.17) is 0 Å². The van der Waals surface area contributed by atoms with Crippen LogP contribution < -0.4 is 5.32 Å². The third kappa shape index (κ3) is 3.10. The van der Waals surface area contributed by atoms with Crippen molar-refractivity contribution in [3.05, 3.63) is 64.5 Å². The molecule has 7 heteroatoms. The van der Waals surface area contributed by atoms with Gasteiger partial charge in [-0.2, -0.15) is 9.61 Å². The molecule has 0 bridgehead atoms. The number of hydrogen-bond donors (Lipinski definition) is 1. The van der Waals surface area contributed by atoms with E-state index in [0.29, 0.717) is 0 Å². The van der Waals surface area contributed by atoms with Gasteiger partial charge < -0.3 is 5.32 Å². The SMILES string of the molecule is Cc1nc(C(C)Nc2cc(-c3ccc(F)cc3)nc3ccnn23)cs1. The fraction of sp³-hybridized carbons (Fsp3) is 0.167. The van der Waals surface area contributed by atoms with Crippen LogP contribution in [0.5, 0.6) is 0 Å². The second-order valence-corrected chi connectivity index (χ2v) is 6.85. The Kier molecular flexibility index (Phi) is 3.93. The van der Waals surface area contributed by atoms with Crippen LogP contribution in [0, 0.1) is 12.7 Å². The molecule has 0 amide bonds. The highest BCUT2D eigenvalue weighted by Crippen LogP contribution is 2.26. The van der Waals surface area contributed by atoms with Crippen LogP contribution in [0.4, 0.5) is 10.2 Å². The third-order valence-electron chi connectivity index (χ3n) is 3.94. The molecule has 3 heterocycles. The molecule has 0 aliphatic heterocycles. The summed E-state index contributed by atoms with van der Waals surface area (Å²) in [5.41, 5.74) is 3.33. The van der Waals surface area contributed by atoms with Crippen molar-refractivity contribution >= 4 is 22.8 Å². The summed E-state index contributed by atoms with van der Waals surface area (Å²) >= 11 is 1.63.